The summed E-state index contributed by atoms with van der Waals surface area (Å²) in [4.78, 5) is 2.38. The fourth-order valence-corrected chi connectivity index (χ4v) is 5.72. The van der Waals surface area contributed by atoms with Crippen LogP contribution >= 0.6 is 0 Å². The molecule has 4 aromatic carbocycles. The summed E-state index contributed by atoms with van der Waals surface area (Å²) in [5, 5.41) is 3.12. The second-order valence-electron chi connectivity index (χ2n) is 11.2. The Morgan fingerprint density at radius 2 is 0.596 bits per heavy atom. The number of rotatable bonds is 5. The van der Waals surface area contributed by atoms with Gasteiger partial charge in [0.1, 0.15) is 6.15 Å². The largest absolute Gasteiger partial charge is 0.416 e. The van der Waals surface area contributed by atoms with Crippen LogP contribution in [0.4, 0.5) is 84.7 Å². The van der Waals surface area contributed by atoms with Gasteiger partial charge in [0.15, 0.2) is 0 Å². The van der Waals surface area contributed by atoms with E-state index in [4.69, 9.17) is 5.53 Å². The van der Waals surface area contributed by atoms with Crippen molar-refractivity contribution in [2.75, 3.05) is 0 Å². The van der Waals surface area contributed by atoms with Gasteiger partial charge in [0, 0.05) is 10.6 Å². The molecule has 278 valence electrons. The van der Waals surface area contributed by atoms with Crippen molar-refractivity contribution < 1.29 is 79.0 Å². The molecule has 0 heterocycles. The highest BCUT2D eigenvalue weighted by molar-refractivity contribution is 7.20. The molecule has 0 bridgehead atoms. The molecule has 4 rings (SSSR count). The first-order chi connectivity index (χ1) is 23.5. The third-order valence-corrected chi connectivity index (χ3v) is 7.88. The average molecular weight is 768 g/mol. The first kappa shape index (κ1) is 39.8. The van der Waals surface area contributed by atoms with E-state index in [2.05, 4.69) is 10.0 Å². The van der Waals surface area contributed by atoms with Gasteiger partial charge in [-0.05, 0) is 23.7 Å². The molecule has 0 atom stereocenters. The van der Waals surface area contributed by atoms with E-state index >= 15 is 0 Å². The summed E-state index contributed by atoms with van der Waals surface area (Å²) >= 11 is 0. The van der Waals surface area contributed by atoms with Crippen molar-refractivity contribution in [2.24, 2.45) is 5.11 Å². The molecule has 0 unspecified atom stereocenters. The van der Waals surface area contributed by atoms with Crippen LogP contribution in [0, 0.1) is 0 Å². The smallest absolute Gasteiger partial charge is 0.195 e. The number of halogens is 18. The normalized spacial score (nSPS) is 13.6. The lowest BCUT2D eigenvalue weighted by Gasteiger charge is -2.46. The summed E-state index contributed by atoms with van der Waals surface area (Å²) in [6.45, 7) is 0. The number of benzene rings is 4. The third kappa shape index (κ3) is 8.05. The fraction of sp³-hybridized carbons (Fsp3) is 0.200. The van der Waals surface area contributed by atoms with Crippen molar-refractivity contribution in [2.45, 2.75) is 37.1 Å². The first-order valence-electron chi connectivity index (χ1n) is 13.7. The van der Waals surface area contributed by atoms with Crippen molar-refractivity contribution in [1.82, 2.24) is 0 Å². The highest BCUT2D eigenvalue weighted by Crippen LogP contribution is 2.39. The first-order valence-corrected chi connectivity index (χ1v) is 13.7. The highest BCUT2D eigenvalue weighted by atomic mass is 19.4. The van der Waals surface area contributed by atoms with Crippen LogP contribution in [0.3, 0.4) is 0 Å². The zero-order chi connectivity index (χ0) is 39.5. The van der Waals surface area contributed by atoms with Crippen LogP contribution < -0.4 is 21.9 Å². The molecule has 3 nitrogen and oxygen atoms in total. The summed E-state index contributed by atoms with van der Waals surface area (Å²) in [7, 11) is 0. The van der Waals surface area contributed by atoms with Crippen molar-refractivity contribution in [3.63, 3.8) is 0 Å². The average Bonchev–Trinajstić information content (AvgIpc) is 2.99. The summed E-state index contributed by atoms with van der Waals surface area (Å²) < 4.78 is 255. The van der Waals surface area contributed by atoms with E-state index in [1.54, 1.807) is 0 Å². The SMILES string of the molecule is [N-]=[N+]=Nc1ccc([B-](c2cc(C(F)(F)F)cc(C(F)(F)F)c2)(c2cc(C(F)(F)F)cc(C(F)(F)F)c2)c2cc(C(F)(F)F)cc(C(F)(F)F)c2)cc1. The Kier molecular flexibility index (Phi) is 9.86. The van der Waals surface area contributed by atoms with Crippen molar-refractivity contribution in [1.29, 1.82) is 0 Å². The molecule has 0 spiro atoms. The molecule has 0 fully saturated rings. The number of nitrogens with zero attached hydrogens (tertiary/aromatic N) is 3. The van der Waals surface area contributed by atoms with Gasteiger partial charge < -0.3 is 0 Å². The van der Waals surface area contributed by atoms with Crippen molar-refractivity contribution in [3.8, 4) is 0 Å². The second-order valence-corrected chi connectivity index (χ2v) is 11.2. The third-order valence-electron chi connectivity index (χ3n) is 7.88. The standard InChI is InChI=1S/C30H13BF18N3/c32-25(33,34)14-5-15(26(35,36)37)9-21(8-14)31(20-1-3-24(4-2-20)51-52-50,22-10-16(27(38,39)40)6-17(11-22)28(41,42)43)23-12-18(29(44,45)46)7-19(13-23)30(47,48)49/h1-13H/q-1. The summed E-state index contributed by atoms with van der Waals surface area (Å²) in [5.74, 6) is 0. The maximum Gasteiger partial charge on any atom is 0.416 e. The molecule has 0 saturated carbocycles. The van der Waals surface area contributed by atoms with Crippen molar-refractivity contribution in [3.05, 3.63) is 123 Å². The minimum absolute atomic E-state index is 0.238. The van der Waals surface area contributed by atoms with Gasteiger partial charge in [-0.25, -0.2) is 0 Å². The number of hydrogen-bond donors (Lipinski definition) is 0. The molecule has 0 aromatic heterocycles. The molecule has 0 amide bonds. The van der Waals surface area contributed by atoms with Crippen LogP contribution in [0.2, 0.25) is 0 Å². The molecular weight excluding hydrogens is 755 g/mol. The van der Waals surface area contributed by atoms with Crippen LogP contribution in [0.15, 0.2) is 84.0 Å². The van der Waals surface area contributed by atoms with E-state index in [9.17, 15) is 79.0 Å². The molecule has 0 N–H and O–H groups in total. The molecule has 0 saturated heterocycles. The molecule has 0 radical (unpaired) electrons. The maximum atomic E-state index is 14.1. The van der Waals surface area contributed by atoms with Crippen LogP contribution in [-0.4, -0.2) is 6.15 Å². The Balaban J connectivity index is 2.49. The molecular formula is C30H13BF18N3-. The fourth-order valence-electron chi connectivity index (χ4n) is 5.72. The molecule has 0 aliphatic carbocycles. The minimum Gasteiger partial charge on any atom is -0.195 e. The van der Waals surface area contributed by atoms with Gasteiger partial charge in [0.05, 0.1) is 33.4 Å². The van der Waals surface area contributed by atoms with Crippen LogP contribution in [-0.2, 0) is 37.1 Å². The maximum absolute atomic E-state index is 14.1. The number of azide groups is 1. The minimum atomic E-state index is -5.79. The van der Waals surface area contributed by atoms with Crippen molar-refractivity contribution >= 4 is 33.7 Å². The predicted octanol–water partition coefficient (Wildman–Crippen LogP) is 10.1. The molecule has 4 aromatic rings. The van der Waals surface area contributed by atoms with E-state index in [0.29, 0.717) is 24.3 Å². The lowest BCUT2D eigenvalue weighted by molar-refractivity contribution is -0.144. The second kappa shape index (κ2) is 12.9. The lowest BCUT2D eigenvalue weighted by atomic mass is 9.12. The number of hydrogen-bond acceptors (Lipinski definition) is 1. The zero-order valence-corrected chi connectivity index (χ0v) is 24.7. The van der Waals surface area contributed by atoms with Gasteiger partial charge in [-0.15, -0.1) is 0 Å². The lowest BCUT2D eigenvalue weighted by Crippen LogP contribution is -2.75. The van der Waals surface area contributed by atoms with E-state index in [0.717, 1.165) is 0 Å². The van der Waals surface area contributed by atoms with Gasteiger partial charge in [0.2, 0.25) is 0 Å². The zero-order valence-electron chi connectivity index (χ0n) is 24.7. The predicted molar refractivity (Wildman–Crippen MR) is 149 cm³/mol. The Morgan fingerprint density at radius 3 is 0.788 bits per heavy atom. The van der Waals surface area contributed by atoms with Crippen LogP contribution in [0.1, 0.15) is 33.4 Å². The molecule has 52 heavy (non-hydrogen) atoms. The Morgan fingerprint density at radius 1 is 0.365 bits per heavy atom. The highest BCUT2D eigenvalue weighted by Gasteiger charge is 2.45. The molecule has 0 aliphatic rings. The summed E-state index contributed by atoms with van der Waals surface area (Å²) in [6.07, 6.45) is -39.6. The van der Waals surface area contributed by atoms with E-state index in [1.807, 2.05) is 0 Å². The topological polar surface area (TPSA) is 48.8 Å². The molecule has 22 heteroatoms. The van der Waals surface area contributed by atoms with Gasteiger partial charge in [0.25, 0.3) is 0 Å². The van der Waals surface area contributed by atoms with E-state index in [1.165, 1.54) is 0 Å². The monoisotopic (exact) mass is 768 g/mol. The van der Waals surface area contributed by atoms with Gasteiger partial charge in [-0.3, -0.25) is 0 Å². The summed E-state index contributed by atoms with van der Waals surface area (Å²) in [5.41, 5.74) is -11.2. The Labute approximate surface area is 278 Å². The van der Waals surface area contributed by atoms with Gasteiger partial charge in [-0.2, -0.15) is 101 Å². The summed E-state index contributed by atoms with van der Waals surface area (Å²) in [6, 6.07) is -0.612. The quantitative estimate of drug-likeness (QED) is 0.0639. The Hall–Kier alpha value is -5.01. The van der Waals surface area contributed by atoms with Gasteiger partial charge >= 0.3 is 37.1 Å². The van der Waals surface area contributed by atoms with Crippen LogP contribution in [0.5, 0.6) is 0 Å². The molecule has 0 aliphatic heterocycles. The number of alkyl halides is 18. The van der Waals surface area contributed by atoms with E-state index < -0.39 is 122 Å². The Bertz CT molecular complexity index is 1730. The van der Waals surface area contributed by atoms with E-state index in [-0.39, 0.29) is 36.4 Å². The van der Waals surface area contributed by atoms with Crippen LogP contribution in [0.25, 0.3) is 10.4 Å². The van der Waals surface area contributed by atoms with Gasteiger partial charge in [-0.1, -0.05) is 65.8 Å².